The van der Waals surface area contributed by atoms with Crippen LogP contribution in [0.3, 0.4) is 0 Å². The Balaban J connectivity index is 4.23. The first-order valence-corrected chi connectivity index (χ1v) is 10.2. The molecule has 2 amide bonds. The summed E-state index contributed by atoms with van der Waals surface area (Å²) in [6.45, 7) is 1.68. The molecule has 148 valence electrons. The van der Waals surface area contributed by atoms with Crippen LogP contribution in [0.1, 0.15) is 20.3 Å². The van der Waals surface area contributed by atoms with Crippen molar-refractivity contribution in [2.24, 2.45) is 5.41 Å². The summed E-state index contributed by atoms with van der Waals surface area (Å²) >= 11 is 0. The molecule has 0 aliphatic carbocycles. The number of aliphatic hydroxyl groups excluding tert-OH is 1. The van der Waals surface area contributed by atoms with E-state index in [1.165, 1.54) is 13.8 Å². The Morgan fingerprint density at radius 2 is 1.76 bits per heavy atom. The van der Waals surface area contributed by atoms with Crippen LogP contribution in [0.15, 0.2) is 0 Å². The second kappa shape index (κ2) is 9.57. The van der Waals surface area contributed by atoms with Crippen LogP contribution in [0.5, 0.6) is 0 Å². The lowest BCUT2D eigenvalue weighted by molar-refractivity contribution is -0.137. The molecule has 0 aromatic rings. The minimum Gasteiger partial charge on any atom is -0.383 e. The van der Waals surface area contributed by atoms with Gasteiger partial charge in [0.1, 0.15) is 6.10 Å². The second-order valence-electron chi connectivity index (χ2n) is 5.83. The second-order valence-corrected chi connectivity index (χ2v) is 8.64. The maximum absolute atomic E-state index is 11.8. The molecule has 0 aromatic carbocycles. The van der Waals surface area contributed by atoms with E-state index in [1.807, 2.05) is 0 Å². The predicted molar refractivity (Wildman–Crippen MR) is 84.8 cm³/mol. The molecular formula is C11H23N2O10PS. The molecule has 6 N–H and O–H groups in total. The zero-order chi connectivity index (χ0) is 19.9. The molecule has 0 saturated heterocycles. The van der Waals surface area contributed by atoms with Crippen LogP contribution in [-0.4, -0.2) is 71.2 Å². The normalized spacial score (nSPS) is 14.0. The van der Waals surface area contributed by atoms with Crippen molar-refractivity contribution in [1.29, 1.82) is 0 Å². The predicted octanol–water partition coefficient (Wildman–Crippen LogP) is -2.01. The highest BCUT2D eigenvalue weighted by atomic mass is 32.2. The van der Waals surface area contributed by atoms with Crippen molar-refractivity contribution >= 4 is 29.8 Å². The third-order valence-corrected chi connectivity index (χ3v) is 4.11. The van der Waals surface area contributed by atoms with Crippen LogP contribution >= 0.6 is 7.82 Å². The molecule has 14 heteroatoms. The zero-order valence-electron chi connectivity index (χ0n) is 13.7. The smallest absolute Gasteiger partial charge is 0.383 e. The minimum absolute atomic E-state index is 0.164. The van der Waals surface area contributed by atoms with Crippen molar-refractivity contribution in [3.8, 4) is 0 Å². The Bertz CT molecular complexity index is 614. The van der Waals surface area contributed by atoms with Gasteiger partial charge >= 0.3 is 7.82 Å². The number of amides is 2. The molecule has 25 heavy (non-hydrogen) atoms. The van der Waals surface area contributed by atoms with Gasteiger partial charge in [0.05, 0.1) is 12.4 Å². The first kappa shape index (κ1) is 23.9. The maximum atomic E-state index is 11.8. The van der Waals surface area contributed by atoms with Gasteiger partial charge in [-0.3, -0.25) is 18.7 Å². The topological polar surface area (TPSA) is 200 Å². The van der Waals surface area contributed by atoms with E-state index in [0.717, 1.165) is 0 Å². The van der Waals surface area contributed by atoms with E-state index in [9.17, 15) is 27.7 Å². The fourth-order valence-corrected chi connectivity index (χ4v) is 2.35. The number of phosphoric ester groups is 1. The van der Waals surface area contributed by atoms with Crippen molar-refractivity contribution < 1.29 is 46.5 Å². The van der Waals surface area contributed by atoms with E-state index >= 15 is 0 Å². The number of rotatable bonds is 11. The highest BCUT2D eigenvalue weighted by molar-refractivity contribution is 7.85. The Labute approximate surface area is 144 Å². The molecule has 0 radical (unpaired) electrons. The molecule has 0 heterocycles. The first-order chi connectivity index (χ1) is 11.1. The van der Waals surface area contributed by atoms with E-state index in [2.05, 4.69) is 15.2 Å². The standard InChI is InChI=1S/C11H23N2O10PS/c1-11(2,7-23-24(17,18)19)9(15)10(16)13-4-3-8(14)12-5-6-25(20,21)22/h9,15H,3-7H2,1-2H3,(H,12,14)(H,13,16)(H2,17,18,19)(H,20,21,22)/t9-/m0/s1. The Hall–Kier alpha value is -1.08. The van der Waals surface area contributed by atoms with E-state index in [4.69, 9.17) is 14.3 Å². The van der Waals surface area contributed by atoms with Gasteiger partial charge in [-0.1, -0.05) is 13.8 Å². The monoisotopic (exact) mass is 406 g/mol. The maximum Gasteiger partial charge on any atom is 0.469 e. The highest BCUT2D eigenvalue weighted by Crippen LogP contribution is 2.38. The van der Waals surface area contributed by atoms with Crippen LogP contribution in [0.25, 0.3) is 0 Å². The van der Waals surface area contributed by atoms with Gasteiger partial charge in [0.25, 0.3) is 10.1 Å². The Morgan fingerprint density at radius 1 is 1.20 bits per heavy atom. The van der Waals surface area contributed by atoms with Gasteiger partial charge in [0.15, 0.2) is 0 Å². The molecule has 0 aromatic heterocycles. The van der Waals surface area contributed by atoms with Gasteiger partial charge < -0.3 is 25.5 Å². The third kappa shape index (κ3) is 12.0. The average Bonchev–Trinajstić information content (AvgIpc) is 2.42. The number of hydrogen-bond donors (Lipinski definition) is 6. The van der Waals surface area contributed by atoms with E-state index in [-0.39, 0.29) is 19.5 Å². The largest absolute Gasteiger partial charge is 0.469 e. The molecule has 0 aliphatic heterocycles. The summed E-state index contributed by atoms with van der Waals surface area (Å²) < 4.78 is 44.3. The van der Waals surface area contributed by atoms with Gasteiger partial charge in [-0.25, -0.2) is 4.57 Å². The lowest BCUT2D eigenvalue weighted by atomic mass is 9.87. The minimum atomic E-state index is -4.75. The van der Waals surface area contributed by atoms with Crippen molar-refractivity contribution in [2.45, 2.75) is 26.4 Å². The number of carbonyl (C=O) groups is 2. The fourth-order valence-electron chi connectivity index (χ4n) is 1.49. The van der Waals surface area contributed by atoms with Gasteiger partial charge in [0, 0.05) is 24.9 Å². The quantitative estimate of drug-likeness (QED) is 0.165. The van der Waals surface area contributed by atoms with Crippen LogP contribution in [-0.2, 0) is 28.8 Å². The Kier molecular flexibility index (Phi) is 9.16. The van der Waals surface area contributed by atoms with E-state index in [0.29, 0.717) is 0 Å². The number of hydrogen-bond acceptors (Lipinski definition) is 7. The molecule has 0 fully saturated rings. The van der Waals surface area contributed by atoms with Crippen LogP contribution < -0.4 is 10.6 Å². The van der Waals surface area contributed by atoms with Gasteiger partial charge in [0.2, 0.25) is 11.8 Å². The summed E-state index contributed by atoms with van der Waals surface area (Å²) in [5.41, 5.74) is -1.30. The van der Waals surface area contributed by atoms with Crippen molar-refractivity contribution in [1.82, 2.24) is 10.6 Å². The average molecular weight is 406 g/mol. The SMILES string of the molecule is CC(C)(COP(=O)(O)O)[C@@H](O)C(=O)NCCC(=O)NCCS(=O)(=O)O. The summed E-state index contributed by atoms with van der Waals surface area (Å²) in [5.74, 6) is -2.09. The Morgan fingerprint density at radius 3 is 2.24 bits per heavy atom. The van der Waals surface area contributed by atoms with Crippen molar-refractivity contribution in [2.75, 3.05) is 25.4 Å². The van der Waals surface area contributed by atoms with Crippen LogP contribution in [0, 0.1) is 5.41 Å². The van der Waals surface area contributed by atoms with Gasteiger partial charge in [-0.05, 0) is 0 Å². The summed E-state index contributed by atoms with van der Waals surface area (Å²) in [6, 6.07) is 0. The lowest BCUT2D eigenvalue weighted by Gasteiger charge is -2.29. The number of carbonyl (C=O) groups excluding carboxylic acids is 2. The molecule has 0 aliphatic rings. The summed E-state index contributed by atoms with van der Waals surface area (Å²) in [7, 11) is -8.93. The number of phosphoric acid groups is 1. The summed E-state index contributed by atoms with van der Waals surface area (Å²) in [6.07, 6.45) is -1.86. The number of aliphatic hydroxyl groups is 1. The van der Waals surface area contributed by atoms with E-state index < -0.39 is 53.6 Å². The third-order valence-electron chi connectivity index (χ3n) is 2.93. The molecule has 0 unspecified atom stereocenters. The molecule has 0 spiro atoms. The summed E-state index contributed by atoms with van der Waals surface area (Å²) in [5, 5.41) is 14.4. The molecule has 1 atom stereocenters. The molecule has 0 bridgehead atoms. The van der Waals surface area contributed by atoms with Crippen molar-refractivity contribution in [3.63, 3.8) is 0 Å². The molecule has 0 rings (SSSR count). The van der Waals surface area contributed by atoms with Gasteiger partial charge in [-0.2, -0.15) is 8.42 Å². The van der Waals surface area contributed by atoms with E-state index in [1.54, 1.807) is 0 Å². The fraction of sp³-hybridized carbons (Fsp3) is 0.818. The molecular weight excluding hydrogens is 383 g/mol. The van der Waals surface area contributed by atoms with Crippen molar-refractivity contribution in [3.05, 3.63) is 0 Å². The first-order valence-electron chi connectivity index (χ1n) is 7.02. The highest BCUT2D eigenvalue weighted by Gasteiger charge is 2.35. The van der Waals surface area contributed by atoms with Gasteiger partial charge in [-0.15, -0.1) is 0 Å². The number of nitrogens with one attached hydrogen (secondary N) is 2. The molecule has 0 saturated carbocycles. The van der Waals surface area contributed by atoms with Crippen LogP contribution in [0.2, 0.25) is 0 Å². The molecule has 12 nitrogen and oxygen atoms in total. The summed E-state index contributed by atoms with van der Waals surface area (Å²) in [4.78, 5) is 40.4. The van der Waals surface area contributed by atoms with Crippen LogP contribution in [0.4, 0.5) is 0 Å². The lowest BCUT2D eigenvalue weighted by Crippen LogP contribution is -2.46. The zero-order valence-corrected chi connectivity index (χ0v) is 15.4.